The number of benzene rings is 12. The van der Waals surface area contributed by atoms with Gasteiger partial charge in [0.1, 0.15) is 0 Å². The molecule has 0 atom stereocenters. The van der Waals surface area contributed by atoms with Crippen molar-refractivity contribution in [1.29, 1.82) is 0 Å². The summed E-state index contributed by atoms with van der Waals surface area (Å²) >= 11 is 2.97. The van der Waals surface area contributed by atoms with Crippen molar-refractivity contribution in [2.75, 3.05) is 24.5 Å². The van der Waals surface area contributed by atoms with Crippen molar-refractivity contribution in [3.05, 3.63) is 309 Å². The van der Waals surface area contributed by atoms with Crippen molar-refractivity contribution in [2.45, 2.75) is 0 Å². The summed E-state index contributed by atoms with van der Waals surface area (Å²) in [7, 11) is 0. The molecule has 0 radical (unpaired) electrons. The molecule has 0 amide bonds. The Labute approximate surface area is 471 Å². The summed E-state index contributed by atoms with van der Waals surface area (Å²) in [6.07, 6.45) is 0. The Hall–Kier alpha value is -9.78. The van der Waals surface area contributed by atoms with Gasteiger partial charge in [0.25, 0.3) is 0 Å². The van der Waals surface area contributed by atoms with Gasteiger partial charge in [-0.3, -0.25) is 0 Å². The second-order valence-electron chi connectivity index (χ2n) is 19.9. The van der Waals surface area contributed by atoms with Gasteiger partial charge in [-0.15, -0.1) is 0 Å². The zero-order chi connectivity index (χ0) is 52.7. The summed E-state index contributed by atoms with van der Waals surface area (Å²) in [5.41, 5.74) is 22.4. The maximum atomic E-state index is 2.97. The van der Waals surface area contributed by atoms with Crippen molar-refractivity contribution in [1.82, 2.24) is 0 Å². The van der Waals surface area contributed by atoms with Crippen LogP contribution in [-0.4, -0.2) is 22.7 Å². The molecule has 12 aromatic rings. The molecule has 0 saturated heterocycles. The molecule has 0 unspecified atom stereocenters. The molecule has 12 aromatic carbocycles. The second kappa shape index (κ2) is 20.6. The van der Waals surface area contributed by atoms with Crippen molar-refractivity contribution < 1.29 is 0 Å². The topological polar surface area (TPSA) is 16.2 Å². The molecule has 0 aromatic heterocycles. The molecule has 0 aliphatic carbocycles. The van der Waals surface area contributed by atoms with E-state index in [0.717, 1.165) is 101 Å². The van der Waals surface area contributed by atoms with Gasteiger partial charge in [-0.25, -0.2) is 0 Å². The van der Waals surface area contributed by atoms with Crippen molar-refractivity contribution >= 4 is 129 Å². The Balaban J connectivity index is 1.03. The quantitative estimate of drug-likeness (QED) is 0.113. The minimum atomic E-state index is -0.141. The van der Waals surface area contributed by atoms with Crippen LogP contribution < -0.4 is 45.3 Å². The molecular weight excluding hydrogens is 1020 g/mol. The molecule has 5 nitrogen and oxygen atoms in total. The zero-order valence-electron chi connectivity index (χ0n) is 43.2. The van der Waals surface area contributed by atoms with Gasteiger partial charge in [0.15, 0.2) is 0 Å². The van der Waals surface area contributed by atoms with Gasteiger partial charge in [-0.2, -0.15) is 0 Å². The number of nitrogens with zero attached hydrogens (tertiary/aromatic N) is 5. The Morgan fingerprint density at radius 1 is 0.278 bits per heavy atom. The van der Waals surface area contributed by atoms with E-state index in [-0.39, 0.29) is 6.71 Å². The fraction of sp³-hybridized carbons (Fsp3) is 0. The van der Waals surface area contributed by atoms with Crippen LogP contribution in [0.3, 0.4) is 0 Å². The van der Waals surface area contributed by atoms with Gasteiger partial charge in [-0.05, 0) is 0 Å². The standard InChI is InChI=1S/C72H52BN5Se/c79-71-51-67-64(50-68(71)76(65-42-24-22-40-62(65)52-26-8-1-9-27-52)60-46-44-59(45-47-60)74(53-28-10-2-11-29-53)54-30-12-3-13-31-54)73-63-41-23-25-43-66(63)77(57-36-18-6-19-37-57)69-48-61(49-70(72(69)73)78(67)58-38-20-7-21-39-58)75(55-32-14-4-15-33-55)56-34-16-5-17-35-56/h1-51,79H. The van der Waals surface area contributed by atoms with E-state index < -0.39 is 0 Å². The minimum absolute atomic E-state index is 0.141. The van der Waals surface area contributed by atoms with Crippen LogP contribution in [0, 0.1) is 0 Å². The van der Waals surface area contributed by atoms with Crippen LogP contribution in [0.4, 0.5) is 85.3 Å². The van der Waals surface area contributed by atoms with E-state index in [9.17, 15) is 0 Å². The van der Waals surface area contributed by atoms with E-state index in [1.807, 2.05) is 0 Å². The number of anilines is 15. The molecule has 7 heteroatoms. The fourth-order valence-corrected chi connectivity index (χ4v) is 12.5. The van der Waals surface area contributed by atoms with Gasteiger partial charge in [0.2, 0.25) is 0 Å². The second-order valence-corrected chi connectivity index (χ2v) is 20.9. The van der Waals surface area contributed by atoms with E-state index in [2.05, 4.69) is 350 Å². The molecular formula is C72H52BN5Se. The van der Waals surface area contributed by atoms with Crippen LogP contribution in [0.25, 0.3) is 11.1 Å². The predicted molar refractivity (Wildman–Crippen MR) is 337 cm³/mol. The van der Waals surface area contributed by atoms with Crippen LogP contribution in [0.15, 0.2) is 309 Å². The average molecular weight is 1080 g/mol. The molecule has 374 valence electrons. The molecule has 0 bridgehead atoms. The van der Waals surface area contributed by atoms with Crippen molar-refractivity contribution in [2.24, 2.45) is 0 Å². The van der Waals surface area contributed by atoms with Crippen LogP contribution >= 0.6 is 0 Å². The predicted octanol–water partition coefficient (Wildman–Crippen LogP) is 16.4. The van der Waals surface area contributed by atoms with Gasteiger partial charge in [0, 0.05) is 0 Å². The summed E-state index contributed by atoms with van der Waals surface area (Å²) in [5.74, 6) is 0. The Kier molecular flexibility index (Phi) is 12.5. The molecule has 79 heavy (non-hydrogen) atoms. The molecule has 0 spiro atoms. The summed E-state index contributed by atoms with van der Waals surface area (Å²) in [5, 5.41) is 0. The van der Waals surface area contributed by atoms with E-state index in [0.29, 0.717) is 0 Å². The molecule has 2 aliphatic heterocycles. The van der Waals surface area contributed by atoms with Crippen molar-refractivity contribution in [3.8, 4) is 11.1 Å². The van der Waals surface area contributed by atoms with Crippen LogP contribution in [0.1, 0.15) is 0 Å². The van der Waals surface area contributed by atoms with Crippen molar-refractivity contribution in [3.63, 3.8) is 0 Å². The third-order valence-corrected chi connectivity index (χ3v) is 16.0. The fourth-order valence-electron chi connectivity index (χ4n) is 11.9. The van der Waals surface area contributed by atoms with E-state index in [4.69, 9.17) is 0 Å². The van der Waals surface area contributed by atoms with Gasteiger partial charge in [0.05, 0.1) is 0 Å². The number of para-hydroxylation sites is 8. The summed E-state index contributed by atoms with van der Waals surface area (Å²) in [6.45, 7) is -0.141. The van der Waals surface area contributed by atoms with Gasteiger partial charge >= 0.3 is 474 Å². The third-order valence-electron chi connectivity index (χ3n) is 15.2. The first-order valence-corrected chi connectivity index (χ1v) is 27.8. The first kappa shape index (κ1) is 47.7. The van der Waals surface area contributed by atoms with E-state index >= 15 is 0 Å². The van der Waals surface area contributed by atoms with Gasteiger partial charge < -0.3 is 0 Å². The first-order valence-electron chi connectivity index (χ1n) is 26.9. The Morgan fingerprint density at radius 2 is 0.671 bits per heavy atom. The summed E-state index contributed by atoms with van der Waals surface area (Å²) in [4.78, 5) is 12.2. The van der Waals surface area contributed by atoms with Gasteiger partial charge in [-0.1, -0.05) is 0 Å². The number of hydrogen-bond acceptors (Lipinski definition) is 5. The maximum absolute atomic E-state index is 2.97. The van der Waals surface area contributed by atoms with E-state index in [1.165, 1.54) is 16.4 Å². The van der Waals surface area contributed by atoms with Crippen LogP contribution in [0.2, 0.25) is 0 Å². The first-order chi connectivity index (χ1) is 39.2. The average Bonchev–Trinajstić information content (AvgIpc) is 3.63. The van der Waals surface area contributed by atoms with Crippen LogP contribution in [0.5, 0.6) is 0 Å². The summed E-state index contributed by atoms with van der Waals surface area (Å²) < 4.78 is 1.08. The van der Waals surface area contributed by atoms with E-state index in [1.54, 1.807) is 0 Å². The third kappa shape index (κ3) is 8.63. The molecule has 0 fully saturated rings. The Morgan fingerprint density at radius 3 is 1.19 bits per heavy atom. The molecule has 2 aliphatic rings. The molecule has 0 N–H and O–H groups in total. The number of hydrogen-bond donors (Lipinski definition) is 0. The zero-order valence-corrected chi connectivity index (χ0v) is 45.1. The SMILES string of the molecule is [SeH]c1cc2c(cc1N(c1ccc(N(c3ccccc3)c3ccccc3)cc1)c1ccccc1-c1ccccc1)B1c3ccccc3N(c3ccccc3)c3cc(N(c4ccccc4)c4ccccc4)cc(c31)N2c1ccccc1. The molecule has 14 rings (SSSR count). The Bertz CT molecular complexity index is 4020. The van der Waals surface area contributed by atoms with Crippen LogP contribution in [-0.2, 0) is 0 Å². The monoisotopic (exact) mass is 1080 g/mol. The number of rotatable bonds is 12. The summed E-state index contributed by atoms with van der Waals surface area (Å²) in [6, 6.07) is 112. The number of fused-ring (bicyclic) bond motifs is 4. The normalized spacial score (nSPS) is 12.0. The molecule has 0 saturated carbocycles. The molecule has 2 heterocycles.